The highest BCUT2D eigenvalue weighted by Gasteiger charge is 2.14. The van der Waals surface area contributed by atoms with Crippen molar-refractivity contribution in [3.8, 4) is 28.0 Å². The molecule has 1 aliphatic rings. The van der Waals surface area contributed by atoms with Gasteiger partial charge >= 0.3 is 0 Å². The molecule has 0 aliphatic carbocycles. The molecule has 1 saturated heterocycles. The number of benzene rings is 2. The van der Waals surface area contributed by atoms with Crippen LogP contribution in [0.3, 0.4) is 0 Å². The Bertz CT molecular complexity index is 1210. The first-order valence-electron chi connectivity index (χ1n) is 10.5. The molecular formula is C25H25FN4O. The zero-order chi connectivity index (χ0) is 21.4. The zero-order valence-corrected chi connectivity index (χ0v) is 17.5. The molecule has 2 N–H and O–H groups in total. The van der Waals surface area contributed by atoms with Gasteiger partial charge in [-0.1, -0.05) is 30.3 Å². The van der Waals surface area contributed by atoms with Crippen LogP contribution < -0.4 is 0 Å². The highest BCUT2D eigenvalue weighted by molar-refractivity contribution is 5.95. The van der Waals surface area contributed by atoms with E-state index in [4.69, 9.17) is 0 Å². The first kappa shape index (κ1) is 19.7. The van der Waals surface area contributed by atoms with E-state index >= 15 is 0 Å². The fraction of sp³-hybridized carbons (Fsp3) is 0.240. The van der Waals surface area contributed by atoms with Crippen molar-refractivity contribution >= 4 is 11.0 Å². The average molecular weight is 417 g/mol. The van der Waals surface area contributed by atoms with Crippen LogP contribution in [-0.2, 0) is 6.54 Å². The van der Waals surface area contributed by atoms with E-state index in [0.29, 0.717) is 5.56 Å². The van der Waals surface area contributed by atoms with Crippen LogP contribution in [0.4, 0.5) is 4.39 Å². The number of fused-ring (bicyclic) bond motifs is 1. The van der Waals surface area contributed by atoms with Crippen LogP contribution in [0.5, 0.6) is 5.75 Å². The number of halogens is 1. The highest BCUT2D eigenvalue weighted by atomic mass is 19.1. The van der Waals surface area contributed by atoms with Gasteiger partial charge in [0, 0.05) is 61.6 Å². The van der Waals surface area contributed by atoms with Crippen molar-refractivity contribution in [2.75, 3.05) is 33.2 Å². The molecular weight excluding hydrogens is 391 g/mol. The third kappa shape index (κ3) is 4.04. The van der Waals surface area contributed by atoms with E-state index in [1.165, 1.54) is 17.7 Å². The van der Waals surface area contributed by atoms with E-state index in [1.807, 2.05) is 12.4 Å². The lowest BCUT2D eigenvalue weighted by Gasteiger charge is -2.32. The van der Waals surface area contributed by atoms with Gasteiger partial charge in [0.05, 0.1) is 0 Å². The number of aromatic hydroxyl groups is 1. The van der Waals surface area contributed by atoms with Gasteiger partial charge in [-0.3, -0.25) is 4.90 Å². The van der Waals surface area contributed by atoms with Gasteiger partial charge < -0.3 is 15.0 Å². The van der Waals surface area contributed by atoms with Gasteiger partial charge in [0.25, 0.3) is 0 Å². The maximum absolute atomic E-state index is 13.9. The van der Waals surface area contributed by atoms with E-state index in [9.17, 15) is 9.50 Å². The number of phenolic OH excluding ortho intramolecular Hbond substituents is 1. The molecule has 0 spiro atoms. The first-order valence-corrected chi connectivity index (χ1v) is 10.5. The molecule has 4 aromatic rings. The van der Waals surface area contributed by atoms with Crippen molar-refractivity contribution in [1.29, 1.82) is 0 Å². The molecule has 1 fully saturated rings. The van der Waals surface area contributed by atoms with Crippen LogP contribution >= 0.6 is 0 Å². The minimum Gasteiger partial charge on any atom is -0.505 e. The number of aromatic amines is 1. The van der Waals surface area contributed by atoms with Gasteiger partial charge in [-0.05, 0) is 41.9 Å². The van der Waals surface area contributed by atoms with Crippen molar-refractivity contribution in [1.82, 2.24) is 19.8 Å². The lowest BCUT2D eigenvalue weighted by molar-refractivity contribution is 0.148. The third-order valence-electron chi connectivity index (χ3n) is 6.08. The summed E-state index contributed by atoms with van der Waals surface area (Å²) >= 11 is 0. The van der Waals surface area contributed by atoms with Gasteiger partial charge in [-0.25, -0.2) is 9.37 Å². The maximum atomic E-state index is 13.9. The Kier molecular flexibility index (Phi) is 5.18. The molecule has 0 bridgehead atoms. The Morgan fingerprint density at radius 2 is 1.71 bits per heavy atom. The average Bonchev–Trinajstić information content (AvgIpc) is 3.21. The van der Waals surface area contributed by atoms with Gasteiger partial charge in [-0.2, -0.15) is 0 Å². The molecule has 158 valence electrons. The minimum atomic E-state index is -0.632. The Balaban J connectivity index is 1.40. The van der Waals surface area contributed by atoms with Crippen LogP contribution in [0, 0.1) is 5.82 Å². The Labute approximate surface area is 180 Å². The maximum Gasteiger partial charge on any atom is 0.165 e. The number of H-pyrrole nitrogens is 1. The second kappa shape index (κ2) is 8.13. The van der Waals surface area contributed by atoms with Gasteiger partial charge in [-0.15, -0.1) is 0 Å². The molecule has 2 aromatic carbocycles. The summed E-state index contributed by atoms with van der Waals surface area (Å²) < 4.78 is 13.9. The van der Waals surface area contributed by atoms with Crippen LogP contribution in [0.2, 0.25) is 0 Å². The minimum absolute atomic E-state index is 0.348. The number of likely N-dealkylation sites (N-methyl/N-ethyl adjacent to an activating group) is 1. The molecule has 0 saturated carbocycles. The summed E-state index contributed by atoms with van der Waals surface area (Å²) in [5, 5.41) is 10.4. The number of nitrogens with one attached hydrogen (secondary N) is 1. The molecule has 2 aromatic heterocycles. The second-order valence-corrected chi connectivity index (χ2v) is 8.27. The monoisotopic (exact) mass is 416 g/mol. The van der Waals surface area contributed by atoms with Crippen LogP contribution in [0.25, 0.3) is 33.3 Å². The predicted octanol–water partition coefficient (Wildman–Crippen LogP) is 4.49. The summed E-state index contributed by atoms with van der Waals surface area (Å²) in [4.78, 5) is 12.6. The topological polar surface area (TPSA) is 55.4 Å². The summed E-state index contributed by atoms with van der Waals surface area (Å²) in [6.07, 6.45) is 3.68. The fourth-order valence-electron chi connectivity index (χ4n) is 4.14. The standard InChI is InChI=1S/C25H25FN4O/c1-29-8-10-30(11-9-29)16-17-2-4-18(5-3-17)20-12-21-22(15-28-25(21)27-14-20)19-6-7-24(31)23(26)13-19/h2-7,12-15,31H,8-11,16H2,1H3,(H,27,28). The van der Waals surface area contributed by atoms with Crippen molar-refractivity contribution in [2.45, 2.75) is 6.54 Å². The lowest BCUT2D eigenvalue weighted by Crippen LogP contribution is -2.43. The largest absolute Gasteiger partial charge is 0.505 e. The summed E-state index contributed by atoms with van der Waals surface area (Å²) in [5.74, 6) is -0.981. The van der Waals surface area contributed by atoms with E-state index in [1.54, 1.807) is 6.07 Å². The molecule has 5 rings (SSSR count). The van der Waals surface area contributed by atoms with Crippen LogP contribution in [0.15, 0.2) is 60.9 Å². The van der Waals surface area contributed by atoms with Gasteiger partial charge in [0.15, 0.2) is 11.6 Å². The summed E-state index contributed by atoms with van der Waals surface area (Å²) in [7, 11) is 2.17. The number of piperazine rings is 1. The Hall–Kier alpha value is -3.22. The number of nitrogens with zero attached hydrogens (tertiary/aromatic N) is 3. The van der Waals surface area contributed by atoms with Crippen LogP contribution in [-0.4, -0.2) is 58.1 Å². The highest BCUT2D eigenvalue weighted by Crippen LogP contribution is 2.32. The predicted molar refractivity (Wildman–Crippen MR) is 121 cm³/mol. The van der Waals surface area contributed by atoms with Gasteiger partial charge in [0.2, 0.25) is 0 Å². The number of aromatic nitrogens is 2. The number of rotatable bonds is 4. The Morgan fingerprint density at radius 3 is 2.45 bits per heavy atom. The van der Waals surface area contributed by atoms with Crippen LogP contribution in [0.1, 0.15) is 5.56 Å². The molecule has 0 amide bonds. The molecule has 6 heteroatoms. The van der Waals surface area contributed by atoms with E-state index < -0.39 is 5.82 Å². The quantitative estimate of drug-likeness (QED) is 0.515. The smallest absolute Gasteiger partial charge is 0.165 e. The molecule has 31 heavy (non-hydrogen) atoms. The SMILES string of the molecule is CN1CCN(Cc2ccc(-c3cnc4[nH]cc(-c5ccc(O)c(F)c5)c4c3)cc2)CC1. The molecule has 5 nitrogen and oxygen atoms in total. The molecule has 1 aliphatic heterocycles. The fourth-order valence-corrected chi connectivity index (χ4v) is 4.14. The van der Waals surface area contributed by atoms with Crippen molar-refractivity contribution in [2.24, 2.45) is 0 Å². The summed E-state index contributed by atoms with van der Waals surface area (Å²) in [5.41, 5.74) is 5.72. The van der Waals surface area contributed by atoms with E-state index in [0.717, 1.165) is 60.4 Å². The van der Waals surface area contributed by atoms with Crippen molar-refractivity contribution in [3.63, 3.8) is 0 Å². The molecule has 0 atom stereocenters. The third-order valence-corrected chi connectivity index (χ3v) is 6.08. The van der Waals surface area contributed by atoms with Crippen molar-refractivity contribution in [3.05, 3.63) is 72.3 Å². The number of pyridine rings is 1. The lowest BCUT2D eigenvalue weighted by atomic mass is 10.0. The Morgan fingerprint density at radius 1 is 0.968 bits per heavy atom. The van der Waals surface area contributed by atoms with Gasteiger partial charge in [0.1, 0.15) is 5.65 Å². The number of phenols is 1. The van der Waals surface area contributed by atoms with Crippen molar-refractivity contribution < 1.29 is 9.50 Å². The number of hydrogen-bond acceptors (Lipinski definition) is 4. The second-order valence-electron chi connectivity index (χ2n) is 8.27. The van der Waals surface area contributed by atoms with E-state index in [2.05, 4.69) is 57.1 Å². The zero-order valence-electron chi connectivity index (χ0n) is 17.5. The van der Waals surface area contributed by atoms with E-state index in [-0.39, 0.29) is 5.75 Å². The summed E-state index contributed by atoms with van der Waals surface area (Å²) in [6.45, 7) is 5.42. The number of hydrogen-bond donors (Lipinski definition) is 2. The molecule has 0 radical (unpaired) electrons. The molecule has 0 unspecified atom stereocenters. The summed E-state index contributed by atoms with van der Waals surface area (Å²) in [6, 6.07) is 15.2. The first-order chi connectivity index (χ1) is 15.1. The molecule has 3 heterocycles. The normalized spacial score (nSPS) is 15.5.